The Morgan fingerprint density at radius 1 is 1.23 bits per heavy atom. The van der Waals surface area contributed by atoms with Crippen LogP contribution in [0.1, 0.15) is 10.5 Å². The van der Waals surface area contributed by atoms with E-state index in [9.17, 15) is 14.9 Å². The Hall–Kier alpha value is -3.39. The van der Waals surface area contributed by atoms with Gasteiger partial charge >= 0.3 is 0 Å². The third-order valence-electron chi connectivity index (χ3n) is 3.38. The van der Waals surface area contributed by atoms with Crippen molar-refractivity contribution in [2.45, 2.75) is 6.73 Å². The molecule has 0 radical (unpaired) electrons. The van der Waals surface area contributed by atoms with Gasteiger partial charge in [-0.25, -0.2) is 4.68 Å². The molecule has 0 aliphatic carbocycles. The molecule has 0 aliphatic heterocycles. The molecule has 1 N–H and O–H groups in total. The number of rotatable bonds is 6. The monoisotopic (exact) mass is 372 g/mol. The Morgan fingerprint density at radius 3 is 2.69 bits per heavy atom. The number of carbonyl (C=O) groups excluding carboxylic acids is 1. The number of nitrogens with zero attached hydrogens (tertiary/aromatic N) is 3. The molecule has 0 fully saturated rings. The van der Waals surface area contributed by atoms with E-state index >= 15 is 0 Å². The van der Waals surface area contributed by atoms with Gasteiger partial charge in [-0.3, -0.25) is 14.9 Å². The zero-order chi connectivity index (χ0) is 18.5. The van der Waals surface area contributed by atoms with Crippen molar-refractivity contribution in [2.24, 2.45) is 0 Å². The predicted molar refractivity (Wildman–Crippen MR) is 95.4 cm³/mol. The fourth-order valence-electron chi connectivity index (χ4n) is 2.13. The van der Waals surface area contributed by atoms with Crippen LogP contribution in [0.4, 0.5) is 11.4 Å². The number of non-ortho nitro benzene ring substituents is 1. The molecule has 0 saturated heterocycles. The molecule has 0 bridgehead atoms. The van der Waals surface area contributed by atoms with Gasteiger partial charge in [0, 0.05) is 24.0 Å². The summed E-state index contributed by atoms with van der Waals surface area (Å²) in [5, 5.41) is 17.7. The highest BCUT2D eigenvalue weighted by atomic mass is 35.5. The number of halogens is 1. The van der Waals surface area contributed by atoms with Crippen LogP contribution in [0.25, 0.3) is 0 Å². The van der Waals surface area contributed by atoms with Crippen LogP contribution in [0.3, 0.4) is 0 Å². The average Bonchev–Trinajstić information content (AvgIpc) is 3.10. The molecule has 26 heavy (non-hydrogen) atoms. The first kappa shape index (κ1) is 17.4. The molecular formula is C17H13ClN4O4. The normalized spacial score (nSPS) is 10.3. The standard InChI is InChI=1S/C17H13ClN4O4/c18-14-10-13(22(24)25)6-7-16(14)26-11-21-9-8-15(20-21)17(23)19-12-4-2-1-3-5-12/h1-10H,11H2,(H,19,23). The molecule has 0 spiro atoms. The molecule has 0 saturated carbocycles. The summed E-state index contributed by atoms with van der Waals surface area (Å²) < 4.78 is 6.90. The van der Waals surface area contributed by atoms with Crippen LogP contribution < -0.4 is 10.1 Å². The fraction of sp³-hybridized carbons (Fsp3) is 0.0588. The number of nitro groups is 1. The highest BCUT2D eigenvalue weighted by Crippen LogP contribution is 2.28. The zero-order valence-corrected chi connectivity index (χ0v) is 14.1. The third-order valence-corrected chi connectivity index (χ3v) is 3.68. The number of para-hydroxylation sites is 1. The van der Waals surface area contributed by atoms with Crippen molar-refractivity contribution in [3.8, 4) is 5.75 Å². The predicted octanol–water partition coefficient (Wildman–Crippen LogP) is 3.73. The van der Waals surface area contributed by atoms with E-state index in [0.717, 1.165) is 0 Å². The van der Waals surface area contributed by atoms with Gasteiger partial charge in [-0.2, -0.15) is 5.10 Å². The van der Waals surface area contributed by atoms with E-state index in [0.29, 0.717) is 5.69 Å². The summed E-state index contributed by atoms with van der Waals surface area (Å²) in [6.45, 7) is -0.00382. The third kappa shape index (κ3) is 4.17. The van der Waals surface area contributed by atoms with E-state index in [1.807, 2.05) is 18.2 Å². The highest BCUT2D eigenvalue weighted by molar-refractivity contribution is 6.32. The lowest BCUT2D eigenvalue weighted by atomic mass is 10.3. The van der Waals surface area contributed by atoms with Crippen LogP contribution in [0, 0.1) is 10.1 Å². The van der Waals surface area contributed by atoms with Crippen LogP contribution in [0.2, 0.25) is 5.02 Å². The SMILES string of the molecule is O=C(Nc1ccccc1)c1ccn(COc2ccc([N+](=O)[O-])cc2Cl)n1. The molecule has 0 aliphatic rings. The molecule has 3 aromatic rings. The van der Waals surface area contributed by atoms with Crippen molar-refractivity contribution >= 4 is 28.9 Å². The summed E-state index contributed by atoms with van der Waals surface area (Å²) >= 11 is 5.96. The van der Waals surface area contributed by atoms with Gasteiger partial charge in [0.05, 0.1) is 9.95 Å². The minimum atomic E-state index is -0.541. The van der Waals surface area contributed by atoms with E-state index in [4.69, 9.17) is 16.3 Å². The summed E-state index contributed by atoms with van der Waals surface area (Å²) in [6, 6.07) is 14.5. The maximum Gasteiger partial charge on any atom is 0.276 e. The Labute approximate surface area is 153 Å². The number of anilines is 1. The van der Waals surface area contributed by atoms with Gasteiger partial charge in [0.15, 0.2) is 12.4 Å². The quantitative estimate of drug-likeness (QED) is 0.525. The van der Waals surface area contributed by atoms with Gasteiger partial charge in [-0.05, 0) is 24.3 Å². The first-order valence-corrected chi connectivity index (χ1v) is 7.87. The molecule has 3 rings (SSSR count). The zero-order valence-electron chi connectivity index (χ0n) is 13.3. The van der Waals surface area contributed by atoms with E-state index in [-0.39, 0.29) is 34.8 Å². The Kier molecular flexibility index (Phi) is 5.14. The van der Waals surface area contributed by atoms with Gasteiger partial charge in [-0.15, -0.1) is 0 Å². The molecule has 9 heteroatoms. The largest absolute Gasteiger partial charge is 0.470 e. The van der Waals surface area contributed by atoms with E-state index in [2.05, 4.69) is 10.4 Å². The summed E-state index contributed by atoms with van der Waals surface area (Å²) in [7, 11) is 0. The summed E-state index contributed by atoms with van der Waals surface area (Å²) in [6.07, 6.45) is 1.58. The summed E-state index contributed by atoms with van der Waals surface area (Å²) in [5.74, 6) is -0.0635. The van der Waals surface area contributed by atoms with Crippen LogP contribution in [-0.4, -0.2) is 20.6 Å². The molecule has 0 atom stereocenters. The number of amides is 1. The highest BCUT2D eigenvalue weighted by Gasteiger charge is 2.12. The number of hydrogen-bond acceptors (Lipinski definition) is 5. The number of carbonyl (C=O) groups is 1. The lowest BCUT2D eigenvalue weighted by Crippen LogP contribution is -2.14. The second-order valence-electron chi connectivity index (χ2n) is 5.21. The number of nitro benzene ring substituents is 1. The fourth-order valence-corrected chi connectivity index (χ4v) is 2.36. The first-order valence-electron chi connectivity index (χ1n) is 7.49. The molecule has 132 valence electrons. The van der Waals surface area contributed by atoms with Crippen molar-refractivity contribution in [1.82, 2.24) is 9.78 Å². The first-order chi connectivity index (χ1) is 12.5. The van der Waals surface area contributed by atoms with Crippen molar-refractivity contribution in [1.29, 1.82) is 0 Å². The Balaban J connectivity index is 1.62. The van der Waals surface area contributed by atoms with Crippen molar-refractivity contribution < 1.29 is 14.5 Å². The van der Waals surface area contributed by atoms with Gasteiger partial charge < -0.3 is 10.1 Å². The topological polar surface area (TPSA) is 99.3 Å². The maximum atomic E-state index is 12.1. The molecule has 0 unspecified atom stereocenters. The molecule has 1 aromatic heterocycles. The van der Waals surface area contributed by atoms with E-state index < -0.39 is 4.92 Å². The maximum absolute atomic E-state index is 12.1. The average molecular weight is 373 g/mol. The van der Waals surface area contributed by atoms with Gasteiger partial charge in [0.25, 0.3) is 11.6 Å². The van der Waals surface area contributed by atoms with Crippen molar-refractivity contribution in [3.05, 3.63) is 81.6 Å². The molecule has 8 nitrogen and oxygen atoms in total. The van der Waals surface area contributed by atoms with E-state index in [1.54, 1.807) is 24.4 Å². The number of aromatic nitrogens is 2. The van der Waals surface area contributed by atoms with Crippen molar-refractivity contribution in [2.75, 3.05) is 5.32 Å². The van der Waals surface area contributed by atoms with E-state index in [1.165, 1.54) is 22.9 Å². The van der Waals surface area contributed by atoms with Gasteiger partial charge in [0.1, 0.15) is 5.75 Å². The smallest absolute Gasteiger partial charge is 0.276 e. The number of ether oxygens (including phenoxy) is 1. The molecular weight excluding hydrogens is 360 g/mol. The molecule has 1 amide bonds. The molecule has 2 aromatic carbocycles. The second-order valence-corrected chi connectivity index (χ2v) is 5.61. The lowest BCUT2D eigenvalue weighted by molar-refractivity contribution is -0.384. The number of nitrogens with one attached hydrogen (secondary N) is 1. The summed E-state index contributed by atoms with van der Waals surface area (Å²) in [4.78, 5) is 22.3. The summed E-state index contributed by atoms with van der Waals surface area (Å²) in [5.41, 5.74) is 0.773. The van der Waals surface area contributed by atoms with Crippen LogP contribution in [0.5, 0.6) is 5.75 Å². The Morgan fingerprint density at radius 2 is 2.00 bits per heavy atom. The molecule has 1 heterocycles. The number of hydrogen-bond donors (Lipinski definition) is 1. The lowest BCUT2D eigenvalue weighted by Gasteiger charge is -2.07. The van der Waals surface area contributed by atoms with Crippen LogP contribution in [-0.2, 0) is 6.73 Å². The van der Waals surface area contributed by atoms with Crippen LogP contribution in [0.15, 0.2) is 60.8 Å². The van der Waals surface area contributed by atoms with Crippen LogP contribution >= 0.6 is 11.6 Å². The van der Waals surface area contributed by atoms with Crippen molar-refractivity contribution in [3.63, 3.8) is 0 Å². The second kappa shape index (κ2) is 7.66. The minimum absolute atomic E-state index is 0.00382. The van der Waals surface area contributed by atoms with Gasteiger partial charge in [-0.1, -0.05) is 29.8 Å². The number of benzene rings is 2. The Bertz CT molecular complexity index is 943. The van der Waals surface area contributed by atoms with Gasteiger partial charge in [0.2, 0.25) is 0 Å². The minimum Gasteiger partial charge on any atom is -0.470 e.